The van der Waals surface area contributed by atoms with Gasteiger partial charge in [0.05, 0.1) is 11.3 Å². The standard InChI is InChI=1S/C20H17FN4O/c1-13-10-14-6-2-5-9-18(14)25(13)20-22-11-15(12-23-20)19(26)24-17-8-4-3-7-16(17)21/h2-9,11-13H,10H2,1H3,(H,24,26). The van der Waals surface area contributed by atoms with Crippen LogP contribution in [0.2, 0.25) is 0 Å². The zero-order chi connectivity index (χ0) is 18.1. The van der Waals surface area contributed by atoms with Crippen LogP contribution < -0.4 is 10.2 Å². The van der Waals surface area contributed by atoms with Crippen molar-refractivity contribution in [3.63, 3.8) is 0 Å². The number of carbonyl (C=O) groups excluding carboxylic acids is 1. The molecule has 0 aliphatic carbocycles. The molecular formula is C20H17FN4O. The molecule has 5 nitrogen and oxygen atoms in total. The molecule has 1 unspecified atom stereocenters. The van der Waals surface area contributed by atoms with Gasteiger partial charge < -0.3 is 10.2 Å². The first-order valence-corrected chi connectivity index (χ1v) is 8.38. The number of para-hydroxylation sites is 2. The molecule has 2 aromatic carbocycles. The van der Waals surface area contributed by atoms with Gasteiger partial charge in [0, 0.05) is 24.1 Å². The summed E-state index contributed by atoms with van der Waals surface area (Å²) in [6, 6.07) is 14.4. The van der Waals surface area contributed by atoms with Crippen LogP contribution in [0.5, 0.6) is 0 Å². The summed E-state index contributed by atoms with van der Waals surface area (Å²) in [5.74, 6) is -0.387. The third-order valence-electron chi connectivity index (χ3n) is 4.45. The summed E-state index contributed by atoms with van der Waals surface area (Å²) >= 11 is 0. The SMILES string of the molecule is CC1Cc2ccccc2N1c1ncc(C(=O)Nc2ccccc2F)cn1. The first-order chi connectivity index (χ1) is 12.6. The highest BCUT2D eigenvalue weighted by Crippen LogP contribution is 2.36. The molecule has 1 N–H and O–H groups in total. The lowest BCUT2D eigenvalue weighted by Gasteiger charge is -2.22. The maximum absolute atomic E-state index is 13.7. The number of benzene rings is 2. The summed E-state index contributed by atoms with van der Waals surface area (Å²) in [5.41, 5.74) is 2.74. The van der Waals surface area contributed by atoms with E-state index in [2.05, 4.69) is 33.2 Å². The number of nitrogens with one attached hydrogen (secondary N) is 1. The molecule has 26 heavy (non-hydrogen) atoms. The number of hydrogen-bond acceptors (Lipinski definition) is 4. The molecule has 0 saturated heterocycles. The Balaban J connectivity index is 1.56. The highest BCUT2D eigenvalue weighted by molar-refractivity contribution is 6.04. The Morgan fingerprint density at radius 1 is 1.12 bits per heavy atom. The van der Waals surface area contributed by atoms with Crippen LogP contribution in [0.15, 0.2) is 60.9 Å². The van der Waals surface area contributed by atoms with Crippen molar-refractivity contribution in [2.24, 2.45) is 0 Å². The van der Waals surface area contributed by atoms with Crippen molar-refractivity contribution in [2.45, 2.75) is 19.4 Å². The Bertz CT molecular complexity index is 958. The van der Waals surface area contributed by atoms with E-state index in [0.29, 0.717) is 5.95 Å². The van der Waals surface area contributed by atoms with Gasteiger partial charge in [-0.25, -0.2) is 14.4 Å². The van der Waals surface area contributed by atoms with Crippen LogP contribution >= 0.6 is 0 Å². The molecule has 130 valence electrons. The maximum atomic E-state index is 13.7. The summed E-state index contributed by atoms with van der Waals surface area (Å²) in [6.07, 6.45) is 3.85. The van der Waals surface area contributed by atoms with E-state index in [1.807, 2.05) is 18.2 Å². The number of anilines is 3. The molecular weight excluding hydrogens is 331 g/mol. The van der Waals surface area contributed by atoms with Crippen molar-refractivity contribution in [3.8, 4) is 0 Å². The predicted octanol–water partition coefficient (Wildman–Crippen LogP) is 3.95. The zero-order valence-electron chi connectivity index (χ0n) is 14.2. The second-order valence-electron chi connectivity index (χ2n) is 6.26. The summed E-state index contributed by atoms with van der Waals surface area (Å²) < 4.78 is 13.7. The van der Waals surface area contributed by atoms with E-state index < -0.39 is 11.7 Å². The van der Waals surface area contributed by atoms with Crippen molar-refractivity contribution in [3.05, 3.63) is 77.9 Å². The van der Waals surface area contributed by atoms with Crippen molar-refractivity contribution in [1.29, 1.82) is 0 Å². The molecule has 1 aromatic heterocycles. The van der Waals surface area contributed by atoms with Gasteiger partial charge in [0.25, 0.3) is 5.91 Å². The van der Waals surface area contributed by atoms with Crippen molar-refractivity contribution >= 4 is 23.2 Å². The number of hydrogen-bond donors (Lipinski definition) is 1. The van der Waals surface area contributed by atoms with Crippen LogP contribution in [0, 0.1) is 5.82 Å². The minimum absolute atomic E-state index is 0.128. The molecule has 1 aliphatic rings. The Morgan fingerprint density at radius 3 is 2.58 bits per heavy atom. The average Bonchev–Trinajstić information content (AvgIpc) is 2.99. The lowest BCUT2D eigenvalue weighted by Crippen LogP contribution is -2.26. The molecule has 0 saturated carbocycles. The normalized spacial score (nSPS) is 15.6. The fourth-order valence-corrected chi connectivity index (χ4v) is 3.19. The average molecular weight is 348 g/mol. The van der Waals surface area contributed by atoms with Gasteiger partial charge in [-0.15, -0.1) is 0 Å². The van der Waals surface area contributed by atoms with Crippen LogP contribution in [0.25, 0.3) is 0 Å². The quantitative estimate of drug-likeness (QED) is 0.779. The number of carbonyl (C=O) groups is 1. The number of fused-ring (bicyclic) bond motifs is 1. The van der Waals surface area contributed by atoms with Crippen molar-refractivity contribution in [2.75, 3.05) is 10.2 Å². The monoisotopic (exact) mass is 348 g/mol. The third-order valence-corrected chi connectivity index (χ3v) is 4.45. The first-order valence-electron chi connectivity index (χ1n) is 8.38. The topological polar surface area (TPSA) is 58.1 Å². The number of rotatable bonds is 3. The Kier molecular flexibility index (Phi) is 4.08. The van der Waals surface area contributed by atoms with Gasteiger partial charge >= 0.3 is 0 Å². The molecule has 0 radical (unpaired) electrons. The van der Waals surface area contributed by atoms with Gasteiger partial charge in [-0.2, -0.15) is 0 Å². The Morgan fingerprint density at radius 2 is 1.81 bits per heavy atom. The summed E-state index contributed by atoms with van der Waals surface area (Å²) in [4.78, 5) is 23.1. The number of amides is 1. The summed E-state index contributed by atoms with van der Waals surface area (Å²) in [5, 5.41) is 2.53. The van der Waals surface area contributed by atoms with Crippen LogP contribution in [-0.4, -0.2) is 21.9 Å². The smallest absolute Gasteiger partial charge is 0.258 e. The Hall–Kier alpha value is -3.28. The number of halogens is 1. The summed E-state index contributed by atoms with van der Waals surface area (Å²) in [6.45, 7) is 2.11. The van der Waals surface area contributed by atoms with E-state index in [0.717, 1.165) is 12.1 Å². The van der Waals surface area contributed by atoms with Crippen LogP contribution in [0.1, 0.15) is 22.8 Å². The first kappa shape index (κ1) is 16.2. The number of nitrogens with zero attached hydrogens (tertiary/aromatic N) is 3. The molecule has 2 heterocycles. The fraction of sp³-hybridized carbons (Fsp3) is 0.150. The highest BCUT2D eigenvalue weighted by Gasteiger charge is 2.28. The van der Waals surface area contributed by atoms with E-state index in [1.165, 1.54) is 30.1 Å². The fourth-order valence-electron chi connectivity index (χ4n) is 3.19. The van der Waals surface area contributed by atoms with E-state index >= 15 is 0 Å². The van der Waals surface area contributed by atoms with Crippen LogP contribution in [-0.2, 0) is 6.42 Å². The van der Waals surface area contributed by atoms with Gasteiger partial charge in [-0.05, 0) is 37.1 Å². The Labute approximate surface area is 150 Å². The minimum Gasteiger partial charge on any atom is -0.319 e. The molecule has 0 bridgehead atoms. The van der Waals surface area contributed by atoms with E-state index in [4.69, 9.17) is 0 Å². The second kappa shape index (κ2) is 6.55. The van der Waals surface area contributed by atoms with Crippen LogP contribution in [0.3, 0.4) is 0 Å². The summed E-state index contributed by atoms with van der Waals surface area (Å²) in [7, 11) is 0. The lowest BCUT2D eigenvalue weighted by atomic mass is 10.1. The molecule has 1 amide bonds. The molecule has 1 aliphatic heterocycles. The molecule has 0 fully saturated rings. The highest BCUT2D eigenvalue weighted by atomic mass is 19.1. The predicted molar refractivity (Wildman–Crippen MR) is 98.1 cm³/mol. The van der Waals surface area contributed by atoms with Crippen molar-refractivity contribution in [1.82, 2.24) is 9.97 Å². The third kappa shape index (κ3) is 2.90. The largest absolute Gasteiger partial charge is 0.319 e. The maximum Gasteiger partial charge on any atom is 0.258 e. The van der Waals surface area contributed by atoms with Gasteiger partial charge in [0.1, 0.15) is 5.82 Å². The van der Waals surface area contributed by atoms with E-state index in [-0.39, 0.29) is 17.3 Å². The second-order valence-corrected chi connectivity index (χ2v) is 6.26. The van der Waals surface area contributed by atoms with Crippen molar-refractivity contribution < 1.29 is 9.18 Å². The molecule has 1 atom stereocenters. The number of aromatic nitrogens is 2. The lowest BCUT2D eigenvalue weighted by molar-refractivity contribution is 0.102. The molecule has 0 spiro atoms. The zero-order valence-corrected chi connectivity index (χ0v) is 14.2. The van der Waals surface area contributed by atoms with Gasteiger partial charge in [-0.1, -0.05) is 30.3 Å². The minimum atomic E-state index is -0.485. The van der Waals surface area contributed by atoms with Crippen LogP contribution in [0.4, 0.5) is 21.7 Å². The molecule has 6 heteroatoms. The van der Waals surface area contributed by atoms with Gasteiger partial charge in [0.15, 0.2) is 0 Å². The van der Waals surface area contributed by atoms with Gasteiger partial charge in [-0.3, -0.25) is 4.79 Å². The van der Waals surface area contributed by atoms with E-state index in [1.54, 1.807) is 12.1 Å². The molecule has 3 aromatic rings. The molecule has 4 rings (SSSR count). The van der Waals surface area contributed by atoms with Gasteiger partial charge in [0.2, 0.25) is 5.95 Å². The van der Waals surface area contributed by atoms with E-state index in [9.17, 15) is 9.18 Å².